The zero-order valence-corrected chi connectivity index (χ0v) is 14.8. The molecule has 1 atom stereocenters. The van der Waals surface area contributed by atoms with E-state index in [1.54, 1.807) is 6.07 Å². The largest absolute Gasteiger partial charge is 0.378 e. The zero-order valence-electron chi connectivity index (χ0n) is 14.8. The fourth-order valence-corrected chi connectivity index (χ4v) is 3.29. The monoisotopic (exact) mass is 387 g/mol. The van der Waals surface area contributed by atoms with Crippen molar-refractivity contribution in [3.05, 3.63) is 46.0 Å². The fraction of sp³-hybridized carbons (Fsp3) is 0.333. The molecule has 0 spiro atoms. The summed E-state index contributed by atoms with van der Waals surface area (Å²) in [5.41, 5.74) is -0.472. The lowest BCUT2D eigenvalue weighted by Crippen LogP contribution is -2.41. The van der Waals surface area contributed by atoms with Crippen LogP contribution in [-0.4, -0.2) is 48.1 Å². The number of H-pyrrole nitrogens is 1. The molecule has 0 aliphatic carbocycles. The Balaban J connectivity index is 1.66. The van der Waals surface area contributed by atoms with Crippen LogP contribution in [0.2, 0.25) is 0 Å². The van der Waals surface area contributed by atoms with Crippen molar-refractivity contribution >= 4 is 29.3 Å². The van der Waals surface area contributed by atoms with Crippen LogP contribution in [0.25, 0.3) is 0 Å². The van der Waals surface area contributed by atoms with Crippen LogP contribution in [0.3, 0.4) is 0 Å². The number of anilines is 3. The summed E-state index contributed by atoms with van der Waals surface area (Å²) in [6.45, 7) is 2.10. The maximum absolute atomic E-state index is 13.8. The molecule has 4 rings (SSSR count). The van der Waals surface area contributed by atoms with Crippen molar-refractivity contribution in [1.29, 1.82) is 0 Å². The van der Waals surface area contributed by atoms with Gasteiger partial charge in [0.05, 0.1) is 30.4 Å². The Kier molecular flexibility index (Phi) is 4.78. The van der Waals surface area contributed by atoms with E-state index in [1.165, 1.54) is 18.2 Å². The minimum atomic E-state index is -1.07. The average molecular weight is 387 g/mol. The lowest BCUT2D eigenvalue weighted by molar-refractivity contribution is -0.123. The lowest BCUT2D eigenvalue weighted by atomic mass is 9.92. The van der Waals surface area contributed by atoms with Crippen LogP contribution in [-0.2, 0) is 14.3 Å². The smallest absolute Gasteiger partial charge is 0.258 e. The van der Waals surface area contributed by atoms with E-state index in [0.717, 1.165) is 0 Å². The number of hydrogen-bond donors (Lipinski definition) is 3. The van der Waals surface area contributed by atoms with E-state index in [-0.39, 0.29) is 23.5 Å². The van der Waals surface area contributed by atoms with E-state index < -0.39 is 29.1 Å². The van der Waals surface area contributed by atoms with Crippen LogP contribution < -0.4 is 21.1 Å². The first-order chi connectivity index (χ1) is 13.5. The van der Waals surface area contributed by atoms with Gasteiger partial charge >= 0.3 is 0 Å². The number of amides is 2. The minimum absolute atomic E-state index is 0.0191. The molecule has 9 nitrogen and oxygen atoms in total. The average Bonchev–Trinajstić information content (AvgIpc) is 2.69. The molecule has 0 unspecified atom stereocenters. The van der Waals surface area contributed by atoms with E-state index >= 15 is 0 Å². The number of carbonyl (C=O) groups is 2. The molecular formula is C18H18FN5O4. The maximum Gasteiger partial charge on any atom is 0.258 e. The predicted octanol–water partition coefficient (Wildman–Crippen LogP) is 0.810. The quantitative estimate of drug-likeness (QED) is 0.718. The normalized spacial score (nSPS) is 19.0. The first-order valence-electron chi connectivity index (χ1n) is 8.85. The van der Waals surface area contributed by atoms with Crippen molar-refractivity contribution in [3.8, 4) is 0 Å². The molecule has 0 saturated carbocycles. The second kappa shape index (κ2) is 7.39. The molecule has 1 aromatic heterocycles. The van der Waals surface area contributed by atoms with Gasteiger partial charge in [-0.2, -0.15) is 4.98 Å². The first kappa shape index (κ1) is 18.1. The van der Waals surface area contributed by atoms with Crippen molar-refractivity contribution < 1.29 is 18.7 Å². The molecule has 3 heterocycles. The molecule has 2 aliphatic heterocycles. The fourth-order valence-electron chi connectivity index (χ4n) is 3.29. The lowest BCUT2D eigenvalue weighted by Gasteiger charge is -2.29. The van der Waals surface area contributed by atoms with E-state index in [0.29, 0.717) is 32.3 Å². The Labute approximate surface area is 158 Å². The molecule has 2 amide bonds. The van der Waals surface area contributed by atoms with Crippen molar-refractivity contribution in [3.63, 3.8) is 0 Å². The van der Waals surface area contributed by atoms with Crippen LogP contribution in [0.5, 0.6) is 0 Å². The van der Waals surface area contributed by atoms with E-state index in [2.05, 4.69) is 20.6 Å². The van der Waals surface area contributed by atoms with E-state index in [4.69, 9.17) is 4.74 Å². The molecule has 3 N–H and O–H groups in total. The molecule has 10 heteroatoms. The summed E-state index contributed by atoms with van der Waals surface area (Å²) in [6, 6.07) is 5.68. The maximum atomic E-state index is 13.8. The van der Waals surface area contributed by atoms with Crippen LogP contribution in [0.15, 0.2) is 29.1 Å². The number of ether oxygens (including phenoxy) is 1. The van der Waals surface area contributed by atoms with E-state index in [1.807, 2.05) is 4.90 Å². The Bertz CT molecular complexity index is 986. The molecule has 2 aliphatic rings. The molecule has 2 aromatic rings. The second-order valence-corrected chi connectivity index (χ2v) is 6.53. The Hall–Kier alpha value is -3.27. The number of aromatic amines is 1. The predicted molar refractivity (Wildman–Crippen MR) is 98.9 cm³/mol. The van der Waals surface area contributed by atoms with E-state index in [9.17, 15) is 18.8 Å². The SMILES string of the molecule is O=C1C[C@@H](C(=O)Nc2ccccc2F)c2c(nc(N3CCOCC3)[nH]c2=O)N1. The number of rotatable bonds is 3. The van der Waals surface area contributed by atoms with Gasteiger partial charge in [0.2, 0.25) is 17.8 Å². The summed E-state index contributed by atoms with van der Waals surface area (Å²) < 4.78 is 19.1. The number of morpholine rings is 1. The third kappa shape index (κ3) is 3.46. The van der Waals surface area contributed by atoms with Crippen LogP contribution in [0, 0.1) is 5.82 Å². The van der Waals surface area contributed by atoms with Gasteiger partial charge in [0, 0.05) is 19.5 Å². The summed E-state index contributed by atoms with van der Waals surface area (Å²) in [6.07, 6.45) is -0.227. The van der Waals surface area contributed by atoms with Crippen LogP contribution in [0.4, 0.5) is 21.8 Å². The molecule has 1 saturated heterocycles. The van der Waals surface area contributed by atoms with Gasteiger partial charge in [0.25, 0.3) is 5.56 Å². The van der Waals surface area contributed by atoms with Gasteiger partial charge in [-0.1, -0.05) is 12.1 Å². The molecule has 0 bridgehead atoms. The summed E-state index contributed by atoms with van der Waals surface area (Å²) in [5.74, 6) is -2.40. The summed E-state index contributed by atoms with van der Waals surface area (Å²) >= 11 is 0. The van der Waals surface area contributed by atoms with Gasteiger partial charge in [-0.15, -0.1) is 0 Å². The van der Waals surface area contributed by atoms with Crippen molar-refractivity contribution in [2.75, 3.05) is 41.8 Å². The zero-order chi connectivity index (χ0) is 19.7. The standard InChI is InChI=1S/C18H18FN5O4/c19-11-3-1-2-4-12(11)20-16(26)10-9-13(25)21-15-14(10)17(27)23-18(22-15)24-5-7-28-8-6-24/h1-4,10H,5-9H2,(H,20,26)(H2,21,22,23,25,27)/t10-/m1/s1. The highest BCUT2D eigenvalue weighted by Gasteiger charge is 2.35. The van der Waals surface area contributed by atoms with Crippen molar-refractivity contribution in [2.45, 2.75) is 12.3 Å². The summed E-state index contributed by atoms with van der Waals surface area (Å²) in [5, 5.41) is 5.00. The molecule has 146 valence electrons. The van der Waals surface area contributed by atoms with Gasteiger partial charge in [-0.05, 0) is 12.1 Å². The van der Waals surface area contributed by atoms with Crippen molar-refractivity contribution in [2.24, 2.45) is 0 Å². The topological polar surface area (TPSA) is 116 Å². The summed E-state index contributed by atoms with van der Waals surface area (Å²) in [4.78, 5) is 46.4. The van der Waals surface area contributed by atoms with Gasteiger partial charge < -0.3 is 20.3 Å². The third-order valence-corrected chi connectivity index (χ3v) is 4.70. The highest BCUT2D eigenvalue weighted by molar-refractivity contribution is 6.04. The molecule has 28 heavy (non-hydrogen) atoms. The number of nitrogens with zero attached hydrogens (tertiary/aromatic N) is 2. The van der Waals surface area contributed by atoms with Crippen molar-refractivity contribution in [1.82, 2.24) is 9.97 Å². The Morgan fingerprint density at radius 3 is 2.75 bits per heavy atom. The van der Waals surface area contributed by atoms with Crippen LogP contribution in [0.1, 0.15) is 17.9 Å². The second-order valence-electron chi connectivity index (χ2n) is 6.53. The molecule has 0 radical (unpaired) electrons. The number of nitrogens with one attached hydrogen (secondary N) is 3. The number of halogens is 1. The first-order valence-corrected chi connectivity index (χ1v) is 8.85. The van der Waals surface area contributed by atoms with Gasteiger partial charge in [0.15, 0.2) is 0 Å². The minimum Gasteiger partial charge on any atom is -0.378 e. The molecule has 1 aromatic carbocycles. The highest BCUT2D eigenvalue weighted by atomic mass is 19.1. The number of fused-ring (bicyclic) bond motifs is 1. The Morgan fingerprint density at radius 1 is 1.25 bits per heavy atom. The Morgan fingerprint density at radius 2 is 2.00 bits per heavy atom. The van der Waals surface area contributed by atoms with Gasteiger partial charge in [-0.25, -0.2) is 4.39 Å². The number of hydrogen-bond acceptors (Lipinski definition) is 6. The number of benzene rings is 1. The third-order valence-electron chi connectivity index (χ3n) is 4.70. The number of aromatic nitrogens is 2. The number of para-hydroxylation sites is 1. The molecular weight excluding hydrogens is 369 g/mol. The summed E-state index contributed by atoms with van der Waals surface area (Å²) in [7, 11) is 0. The van der Waals surface area contributed by atoms with Crippen LogP contribution >= 0.6 is 0 Å². The molecule has 1 fully saturated rings. The van der Waals surface area contributed by atoms with Gasteiger partial charge in [0.1, 0.15) is 11.6 Å². The highest BCUT2D eigenvalue weighted by Crippen LogP contribution is 2.30. The number of carbonyl (C=O) groups excluding carboxylic acids is 2. The van der Waals surface area contributed by atoms with Gasteiger partial charge in [-0.3, -0.25) is 19.4 Å².